The van der Waals surface area contributed by atoms with Gasteiger partial charge in [0, 0.05) is 0 Å². The predicted molar refractivity (Wildman–Crippen MR) is 47.0 cm³/mol. The zero-order valence-electron chi connectivity index (χ0n) is 8.09. The first-order valence-corrected chi connectivity index (χ1v) is 3.92. The normalized spacial score (nSPS) is 11.7. The third-order valence-corrected chi connectivity index (χ3v) is 0.923. The molecule has 3 nitrogen and oxygen atoms in total. The Morgan fingerprint density at radius 2 is 2.00 bits per heavy atom. The van der Waals surface area contributed by atoms with Crippen molar-refractivity contribution in [1.82, 2.24) is 0 Å². The van der Waals surface area contributed by atoms with E-state index in [2.05, 4.69) is 0 Å². The molecule has 0 aromatic rings. The van der Waals surface area contributed by atoms with Crippen LogP contribution in [0.25, 0.3) is 0 Å². The van der Waals surface area contributed by atoms with Crippen molar-refractivity contribution in [2.45, 2.75) is 33.3 Å². The minimum absolute atomic E-state index is 0.269. The Morgan fingerprint density at radius 3 is 2.42 bits per heavy atom. The molecule has 0 saturated carbocycles. The quantitative estimate of drug-likeness (QED) is 0.474. The van der Waals surface area contributed by atoms with Crippen LogP contribution in [0.1, 0.15) is 27.7 Å². The van der Waals surface area contributed by atoms with Gasteiger partial charge in [-0.25, -0.2) is 4.79 Å². The Kier molecular flexibility index (Phi) is 4.40. The molecule has 0 radical (unpaired) electrons. The molecule has 0 aliphatic rings. The van der Waals surface area contributed by atoms with Crippen LogP contribution in [-0.2, 0) is 9.47 Å². The predicted octanol–water partition coefficient (Wildman–Crippen LogP) is 2.51. The maximum absolute atomic E-state index is 10.9. The molecule has 0 aliphatic carbocycles. The first-order chi connectivity index (χ1) is 5.45. The van der Waals surface area contributed by atoms with Crippen molar-refractivity contribution in [3.8, 4) is 0 Å². The van der Waals surface area contributed by atoms with E-state index in [0.29, 0.717) is 0 Å². The molecule has 0 rings (SSSR count). The summed E-state index contributed by atoms with van der Waals surface area (Å²) in [5.41, 5.74) is -0.479. The van der Waals surface area contributed by atoms with Crippen LogP contribution in [0.3, 0.4) is 0 Å². The van der Waals surface area contributed by atoms with Gasteiger partial charge in [0.05, 0.1) is 0 Å². The average Bonchev–Trinajstić information content (AvgIpc) is 1.84. The van der Waals surface area contributed by atoms with E-state index in [-0.39, 0.29) is 6.61 Å². The van der Waals surface area contributed by atoms with E-state index in [1.807, 2.05) is 13.0 Å². The minimum Gasteiger partial charge on any atom is -0.430 e. The highest BCUT2D eigenvalue weighted by atomic mass is 16.7. The van der Waals surface area contributed by atoms with Gasteiger partial charge in [0.15, 0.2) is 0 Å². The summed E-state index contributed by atoms with van der Waals surface area (Å²) in [4.78, 5) is 10.9. The van der Waals surface area contributed by atoms with Crippen molar-refractivity contribution in [2.24, 2.45) is 0 Å². The summed E-state index contributed by atoms with van der Waals surface area (Å²) in [6.07, 6.45) is 2.93. The van der Waals surface area contributed by atoms with Crippen molar-refractivity contribution < 1.29 is 14.3 Å². The zero-order valence-corrected chi connectivity index (χ0v) is 8.09. The van der Waals surface area contributed by atoms with Gasteiger partial charge in [-0.1, -0.05) is 12.2 Å². The Hall–Kier alpha value is -0.990. The molecule has 0 spiro atoms. The molecule has 0 saturated heterocycles. The van der Waals surface area contributed by atoms with E-state index >= 15 is 0 Å². The molecule has 3 heteroatoms. The molecular weight excluding hydrogens is 156 g/mol. The molecule has 70 valence electrons. The first kappa shape index (κ1) is 11.0. The van der Waals surface area contributed by atoms with E-state index in [9.17, 15) is 4.79 Å². The van der Waals surface area contributed by atoms with Crippen LogP contribution < -0.4 is 0 Å². The molecule has 0 aliphatic heterocycles. The highest BCUT2D eigenvalue weighted by Crippen LogP contribution is 2.07. The third-order valence-electron chi connectivity index (χ3n) is 0.923. The van der Waals surface area contributed by atoms with Gasteiger partial charge in [-0.2, -0.15) is 0 Å². The molecule has 12 heavy (non-hydrogen) atoms. The highest BCUT2D eigenvalue weighted by Gasteiger charge is 2.16. The molecule has 0 aromatic heterocycles. The lowest BCUT2D eigenvalue weighted by atomic mass is 10.2. The Morgan fingerprint density at radius 1 is 1.42 bits per heavy atom. The topological polar surface area (TPSA) is 35.5 Å². The van der Waals surface area contributed by atoms with Crippen LogP contribution in [0.5, 0.6) is 0 Å². The van der Waals surface area contributed by atoms with Crippen LogP contribution in [-0.4, -0.2) is 18.4 Å². The third kappa shape index (κ3) is 7.12. The molecule has 0 bridgehead atoms. The van der Waals surface area contributed by atoms with Crippen LogP contribution in [0.4, 0.5) is 4.79 Å². The molecule has 0 heterocycles. The number of hydrogen-bond acceptors (Lipinski definition) is 3. The summed E-state index contributed by atoms with van der Waals surface area (Å²) < 4.78 is 9.60. The Labute approximate surface area is 73.4 Å². The largest absolute Gasteiger partial charge is 0.509 e. The van der Waals surface area contributed by atoms with Crippen LogP contribution in [0, 0.1) is 0 Å². The highest BCUT2D eigenvalue weighted by molar-refractivity contribution is 5.60. The Bertz CT molecular complexity index is 165. The molecular formula is C9H16O3. The Balaban J connectivity index is 3.61. The van der Waals surface area contributed by atoms with Gasteiger partial charge in [-0.15, -0.1) is 0 Å². The van der Waals surface area contributed by atoms with E-state index in [4.69, 9.17) is 9.47 Å². The summed E-state index contributed by atoms with van der Waals surface area (Å²) >= 11 is 0. The number of hydrogen-bond donors (Lipinski definition) is 0. The number of carbonyl (C=O) groups excluding carboxylic acids is 1. The maximum atomic E-state index is 10.9. The molecule has 0 amide bonds. The van der Waals surface area contributed by atoms with Gasteiger partial charge in [-0.05, 0) is 27.7 Å². The van der Waals surface area contributed by atoms with E-state index in [1.54, 1.807) is 26.8 Å². The standard InChI is InChI=1S/C9H16O3/c1-5-6-7-11-8(10)12-9(2,3)4/h5-6H,7H2,1-4H3/b6-5+. The lowest BCUT2D eigenvalue weighted by Crippen LogP contribution is -2.24. The fraction of sp³-hybridized carbons (Fsp3) is 0.667. The van der Waals surface area contributed by atoms with Crippen molar-refractivity contribution in [1.29, 1.82) is 0 Å². The maximum Gasteiger partial charge on any atom is 0.509 e. The second kappa shape index (κ2) is 4.80. The van der Waals surface area contributed by atoms with Crippen LogP contribution in [0.15, 0.2) is 12.2 Å². The molecule has 0 atom stereocenters. The second-order valence-corrected chi connectivity index (χ2v) is 3.34. The average molecular weight is 172 g/mol. The summed E-state index contributed by atoms with van der Waals surface area (Å²) in [6.45, 7) is 7.52. The van der Waals surface area contributed by atoms with Gasteiger partial charge < -0.3 is 9.47 Å². The molecule has 0 N–H and O–H groups in total. The second-order valence-electron chi connectivity index (χ2n) is 3.34. The van der Waals surface area contributed by atoms with Crippen molar-refractivity contribution in [3.63, 3.8) is 0 Å². The van der Waals surface area contributed by atoms with Gasteiger partial charge in [0.25, 0.3) is 0 Å². The van der Waals surface area contributed by atoms with Crippen molar-refractivity contribution >= 4 is 6.16 Å². The molecule has 0 unspecified atom stereocenters. The smallest absolute Gasteiger partial charge is 0.430 e. The SMILES string of the molecule is C/C=C/COC(=O)OC(C)(C)C. The van der Waals surface area contributed by atoms with Gasteiger partial charge in [-0.3, -0.25) is 0 Å². The van der Waals surface area contributed by atoms with Gasteiger partial charge >= 0.3 is 6.16 Å². The number of allylic oxidation sites excluding steroid dienone is 1. The number of carbonyl (C=O) groups is 1. The van der Waals surface area contributed by atoms with Crippen molar-refractivity contribution in [2.75, 3.05) is 6.61 Å². The monoisotopic (exact) mass is 172 g/mol. The lowest BCUT2D eigenvalue weighted by Gasteiger charge is -2.18. The fourth-order valence-corrected chi connectivity index (χ4v) is 0.492. The van der Waals surface area contributed by atoms with Gasteiger partial charge in [0.1, 0.15) is 12.2 Å². The van der Waals surface area contributed by atoms with E-state index < -0.39 is 11.8 Å². The van der Waals surface area contributed by atoms with Crippen LogP contribution in [0.2, 0.25) is 0 Å². The zero-order chi connectivity index (χ0) is 9.61. The summed E-state index contributed by atoms with van der Waals surface area (Å²) in [5.74, 6) is 0. The first-order valence-electron chi connectivity index (χ1n) is 3.92. The van der Waals surface area contributed by atoms with E-state index in [0.717, 1.165) is 0 Å². The number of rotatable bonds is 2. The summed E-state index contributed by atoms with van der Waals surface area (Å²) in [6, 6.07) is 0. The summed E-state index contributed by atoms with van der Waals surface area (Å²) in [5, 5.41) is 0. The molecule has 0 aromatic carbocycles. The van der Waals surface area contributed by atoms with Crippen LogP contribution >= 0.6 is 0 Å². The molecule has 0 fully saturated rings. The van der Waals surface area contributed by atoms with Crippen molar-refractivity contribution in [3.05, 3.63) is 12.2 Å². The summed E-state index contributed by atoms with van der Waals surface area (Å²) in [7, 11) is 0. The minimum atomic E-state index is -0.624. The van der Waals surface area contributed by atoms with E-state index in [1.165, 1.54) is 0 Å². The fourth-order valence-electron chi connectivity index (χ4n) is 0.492. The number of ether oxygens (including phenoxy) is 2. The lowest BCUT2D eigenvalue weighted by molar-refractivity contribution is -0.00241. The van der Waals surface area contributed by atoms with Gasteiger partial charge in [0.2, 0.25) is 0 Å².